The van der Waals surface area contributed by atoms with Crippen LogP contribution in [0.2, 0.25) is 0 Å². The highest BCUT2D eigenvalue weighted by atomic mass is 16.3. The van der Waals surface area contributed by atoms with E-state index >= 15 is 0 Å². The standard InChI is InChI=1S/C20H23N3O2/c1-13(2)11-23-19(6-7-21-23)22-20(24)10-16-12-25-18-9-15-5-3-4-14(15)8-17(16)18/h6-9,12-13H,3-5,10-11H2,1-2H3,(H,22,24). The number of carbonyl (C=O) groups excluding carboxylic acids is 1. The maximum atomic E-state index is 12.5. The molecule has 0 saturated carbocycles. The van der Waals surface area contributed by atoms with Crippen LogP contribution in [-0.2, 0) is 30.6 Å². The first-order chi connectivity index (χ1) is 12.1. The van der Waals surface area contributed by atoms with E-state index in [9.17, 15) is 4.79 Å². The van der Waals surface area contributed by atoms with Gasteiger partial charge in [0.2, 0.25) is 5.91 Å². The van der Waals surface area contributed by atoms with Crippen molar-refractivity contribution in [1.29, 1.82) is 0 Å². The van der Waals surface area contributed by atoms with Gasteiger partial charge in [0.25, 0.3) is 0 Å². The van der Waals surface area contributed by atoms with Crippen LogP contribution in [0.5, 0.6) is 0 Å². The summed E-state index contributed by atoms with van der Waals surface area (Å²) < 4.78 is 7.53. The van der Waals surface area contributed by atoms with E-state index in [0.717, 1.165) is 41.7 Å². The summed E-state index contributed by atoms with van der Waals surface area (Å²) in [4.78, 5) is 12.5. The topological polar surface area (TPSA) is 60.1 Å². The number of hydrogen-bond acceptors (Lipinski definition) is 3. The minimum absolute atomic E-state index is 0.0475. The van der Waals surface area contributed by atoms with Gasteiger partial charge < -0.3 is 9.73 Å². The third-order valence-electron chi connectivity index (χ3n) is 4.74. The second kappa shape index (κ2) is 6.39. The number of furan rings is 1. The van der Waals surface area contributed by atoms with E-state index < -0.39 is 0 Å². The predicted octanol–water partition coefficient (Wildman–Crippen LogP) is 3.96. The van der Waals surface area contributed by atoms with E-state index in [1.54, 1.807) is 12.5 Å². The van der Waals surface area contributed by atoms with Crippen LogP contribution in [0, 0.1) is 5.92 Å². The fraction of sp³-hybridized carbons (Fsp3) is 0.400. The van der Waals surface area contributed by atoms with Crippen LogP contribution in [0.4, 0.5) is 5.82 Å². The van der Waals surface area contributed by atoms with E-state index in [-0.39, 0.29) is 5.91 Å². The van der Waals surface area contributed by atoms with Crippen molar-refractivity contribution in [3.63, 3.8) is 0 Å². The molecular formula is C20H23N3O2. The molecule has 1 aliphatic carbocycles. The van der Waals surface area contributed by atoms with Gasteiger partial charge in [-0.15, -0.1) is 0 Å². The van der Waals surface area contributed by atoms with Gasteiger partial charge in [0.1, 0.15) is 11.4 Å². The van der Waals surface area contributed by atoms with Crippen molar-refractivity contribution in [3.05, 3.63) is 47.3 Å². The molecular weight excluding hydrogens is 314 g/mol. The molecule has 0 saturated heterocycles. The minimum atomic E-state index is -0.0475. The molecule has 25 heavy (non-hydrogen) atoms. The van der Waals surface area contributed by atoms with Crippen LogP contribution in [0.25, 0.3) is 11.0 Å². The molecule has 1 amide bonds. The molecule has 0 spiro atoms. The minimum Gasteiger partial charge on any atom is -0.464 e. The first-order valence-electron chi connectivity index (χ1n) is 8.93. The van der Waals surface area contributed by atoms with E-state index in [1.807, 2.05) is 10.7 Å². The Hall–Kier alpha value is -2.56. The van der Waals surface area contributed by atoms with Gasteiger partial charge in [-0.2, -0.15) is 5.10 Å². The number of rotatable bonds is 5. The molecule has 5 nitrogen and oxygen atoms in total. The highest BCUT2D eigenvalue weighted by molar-refractivity contribution is 5.95. The second-order valence-corrected chi connectivity index (χ2v) is 7.25. The lowest BCUT2D eigenvalue weighted by Gasteiger charge is -2.10. The summed E-state index contributed by atoms with van der Waals surface area (Å²) in [5.74, 6) is 1.16. The SMILES string of the molecule is CC(C)Cn1nccc1NC(=O)Cc1coc2cc3c(cc12)CCC3. The fourth-order valence-corrected chi connectivity index (χ4v) is 3.58. The molecule has 0 aliphatic heterocycles. The zero-order valence-corrected chi connectivity index (χ0v) is 14.7. The summed E-state index contributed by atoms with van der Waals surface area (Å²) in [5, 5.41) is 8.31. The maximum Gasteiger partial charge on any atom is 0.230 e. The Bertz CT molecular complexity index is 920. The summed E-state index contributed by atoms with van der Waals surface area (Å²) in [6.07, 6.45) is 7.19. The Morgan fingerprint density at radius 2 is 2.12 bits per heavy atom. The van der Waals surface area contributed by atoms with Crippen molar-refractivity contribution in [1.82, 2.24) is 9.78 Å². The molecule has 0 unspecified atom stereocenters. The fourth-order valence-electron chi connectivity index (χ4n) is 3.58. The lowest BCUT2D eigenvalue weighted by Crippen LogP contribution is -2.18. The quantitative estimate of drug-likeness (QED) is 0.767. The molecule has 5 heteroatoms. The van der Waals surface area contributed by atoms with Crippen LogP contribution in [0.15, 0.2) is 35.1 Å². The molecule has 0 fully saturated rings. The second-order valence-electron chi connectivity index (χ2n) is 7.25. The maximum absolute atomic E-state index is 12.5. The molecule has 4 rings (SSSR count). The number of amides is 1. The van der Waals surface area contributed by atoms with Crippen molar-refractivity contribution in [3.8, 4) is 0 Å². The Morgan fingerprint density at radius 1 is 1.32 bits per heavy atom. The lowest BCUT2D eigenvalue weighted by atomic mass is 10.0. The molecule has 1 aliphatic rings. The van der Waals surface area contributed by atoms with E-state index in [4.69, 9.17) is 4.42 Å². The highest BCUT2D eigenvalue weighted by Crippen LogP contribution is 2.30. The molecule has 2 aromatic heterocycles. The first-order valence-corrected chi connectivity index (χ1v) is 8.93. The molecule has 130 valence electrons. The number of hydrogen-bond donors (Lipinski definition) is 1. The molecule has 0 bridgehead atoms. The summed E-state index contributed by atoms with van der Waals surface area (Å²) >= 11 is 0. The molecule has 0 atom stereocenters. The van der Waals surface area contributed by atoms with Crippen molar-refractivity contribution >= 4 is 22.7 Å². The average Bonchev–Trinajstić information content (AvgIpc) is 3.27. The number of fused-ring (bicyclic) bond motifs is 2. The van der Waals surface area contributed by atoms with Gasteiger partial charge in [-0.05, 0) is 48.4 Å². The van der Waals surface area contributed by atoms with Gasteiger partial charge in [-0.25, -0.2) is 4.68 Å². The van der Waals surface area contributed by atoms with Crippen LogP contribution in [0.3, 0.4) is 0 Å². The first kappa shape index (κ1) is 15.9. The van der Waals surface area contributed by atoms with Gasteiger partial charge in [0.05, 0.1) is 18.9 Å². The van der Waals surface area contributed by atoms with Crippen LogP contribution in [-0.4, -0.2) is 15.7 Å². The molecule has 1 N–H and O–H groups in total. The lowest BCUT2D eigenvalue weighted by molar-refractivity contribution is -0.115. The van der Waals surface area contributed by atoms with Gasteiger partial charge in [0, 0.05) is 23.6 Å². The van der Waals surface area contributed by atoms with Crippen molar-refractivity contribution in [2.75, 3.05) is 5.32 Å². The van der Waals surface area contributed by atoms with E-state index in [0.29, 0.717) is 12.3 Å². The van der Waals surface area contributed by atoms with Gasteiger partial charge in [-0.1, -0.05) is 13.8 Å². The zero-order valence-electron chi connectivity index (χ0n) is 14.7. The highest BCUT2D eigenvalue weighted by Gasteiger charge is 2.17. The number of nitrogens with zero attached hydrogens (tertiary/aromatic N) is 2. The Kier molecular flexibility index (Phi) is 4.07. The third kappa shape index (κ3) is 3.18. The Balaban J connectivity index is 1.52. The van der Waals surface area contributed by atoms with Crippen LogP contribution in [0.1, 0.15) is 37.0 Å². The number of benzene rings is 1. The zero-order chi connectivity index (χ0) is 17.4. The van der Waals surface area contributed by atoms with Crippen LogP contribution < -0.4 is 5.32 Å². The van der Waals surface area contributed by atoms with E-state index in [1.165, 1.54) is 17.5 Å². The van der Waals surface area contributed by atoms with Gasteiger partial charge >= 0.3 is 0 Å². The van der Waals surface area contributed by atoms with Crippen LogP contribution >= 0.6 is 0 Å². The Morgan fingerprint density at radius 3 is 2.92 bits per heavy atom. The number of aryl methyl sites for hydroxylation is 2. The summed E-state index contributed by atoms with van der Waals surface area (Å²) in [6.45, 7) is 5.04. The number of nitrogens with one attached hydrogen (secondary N) is 1. The third-order valence-corrected chi connectivity index (χ3v) is 4.74. The molecule has 0 radical (unpaired) electrons. The number of carbonyl (C=O) groups is 1. The smallest absolute Gasteiger partial charge is 0.230 e. The molecule has 3 aromatic rings. The summed E-state index contributed by atoms with van der Waals surface area (Å²) in [5.41, 5.74) is 4.60. The van der Waals surface area contributed by atoms with Gasteiger partial charge in [-0.3, -0.25) is 4.79 Å². The van der Waals surface area contributed by atoms with E-state index in [2.05, 4.69) is 36.4 Å². The van der Waals surface area contributed by atoms with Gasteiger partial charge in [0.15, 0.2) is 0 Å². The monoisotopic (exact) mass is 337 g/mol. The molecule has 2 heterocycles. The average molecular weight is 337 g/mol. The van der Waals surface area contributed by atoms with Crippen molar-refractivity contribution in [2.24, 2.45) is 5.92 Å². The Labute approximate surface area is 147 Å². The van der Waals surface area contributed by atoms with Crippen molar-refractivity contribution < 1.29 is 9.21 Å². The predicted molar refractivity (Wildman–Crippen MR) is 97.6 cm³/mol. The largest absolute Gasteiger partial charge is 0.464 e. The summed E-state index contributed by atoms with van der Waals surface area (Å²) in [7, 11) is 0. The summed E-state index contributed by atoms with van der Waals surface area (Å²) in [6, 6.07) is 6.17. The number of anilines is 1. The molecule has 1 aromatic carbocycles. The van der Waals surface area contributed by atoms with Crippen molar-refractivity contribution in [2.45, 2.75) is 46.1 Å². The normalized spacial score (nSPS) is 13.6. The number of aromatic nitrogens is 2.